The predicted octanol–water partition coefficient (Wildman–Crippen LogP) is -3.60. The average Bonchev–Trinajstić information content (AvgIpc) is 1.90. The van der Waals surface area contributed by atoms with Crippen LogP contribution in [0.2, 0.25) is 0 Å². The van der Waals surface area contributed by atoms with Crippen molar-refractivity contribution >= 4 is 8.25 Å². The fourth-order valence-corrected chi connectivity index (χ4v) is 0.253. The maximum Gasteiger partial charge on any atom is 1.00 e. The molecular formula is C4H9N2NaO4P+. The Bertz CT molecular complexity index is 162. The third kappa shape index (κ3) is 22.5. The van der Waals surface area contributed by atoms with Crippen LogP contribution in [0.15, 0.2) is 24.8 Å². The summed E-state index contributed by atoms with van der Waals surface area (Å²) >= 11 is 0. The number of nitrogens with zero attached hydrogens (tertiary/aromatic N) is 2. The van der Waals surface area contributed by atoms with Gasteiger partial charge in [0.2, 0.25) is 0 Å². The second kappa shape index (κ2) is 13.6. The van der Waals surface area contributed by atoms with Gasteiger partial charge in [-0.2, -0.15) is 0 Å². The molecule has 0 unspecified atom stereocenters. The fraction of sp³-hybridized carbons (Fsp3) is 0. The Kier molecular flexibility index (Phi) is 20.4. The minimum absolute atomic E-state index is 0. The van der Waals surface area contributed by atoms with Crippen molar-refractivity contribution in [3.63, 3.8) is 0 Å². The first kappa shape index (κ1) is 18.0. The van der Waals surface area contributed by atoms with Crippen LogP contribution in [0.3, 0.4) is 0 Å². The molecule has 64 valence electrons. The van der Waals surface area contributed by atoms with Gasteiger partial charge in [0, 0.05) is 29.4 Å². The molecule has 0 saturated heterocycles. The molecule has 1 rings (SSSR count). The first-order chi connectivity index (χ1) is 4.73. The Balaban J connectivity index is -0.0000000536. The summed E-state index contributed by atoms with van der Waals surface area (Å²) < 4.78 is 8.70. The summed E-state index contributed by atoms with van der Waals surface area (Å²) in [6.07, 6.45) is 6.56. The summed E-state index contributed by atoms with van der Waals surface area (Å²) in [4.78, 5) is 21.7. The van der Waals surface area contributed by atoms with Crippen molar-refractivity contribution in [1.29, 1.82) is 0 Å². The molecule has 1 heterocycles. The largest absolute Gasteiger partial charge is 1.00 e. The van der Waals surface area contributed by atoms with Crippen LogP contribution in [-0.2, 0) is 4.57 Å². The van der Waals surface area contributed by atoms with Gasteiger partial charge in [-0.05, 0) is 0 Å². The summed E-state index contributed by atoms with van der Waals surface area (Å²) in [5.74, 6) is 0. The fourth-order valence-electron chi connectivity index (χ4n) is 0.253. The van der Waals surface area contributed by atoms with Crippen molar-refractivity contribution in [3.05, 3.63) is 24.8 Å². The Hall–Kier alpha value is 0.0600. The van der Waals surface area contributed by atoms with E-state index in [4.69, 9.17) is 14.4 Å². The quantitative estimate of drug-likeness (QED) is 0.334. The molecule has 1 aromatic rings. The summed E-state index contributed by atoms with van der Waals surface area (Å²) in [5, 5.41) is 0. The van der Waals surface area contributed by atoms with E-state index in [1.807, 2.05) is 0 Å². The van der Waals surface area contributed by atoms with Gasteiger partial charge >= 0.3 is 37.8 Å². The van der Waals surface area contributed by atoms with Crippen molar-refractivity contribution in [2.24, 2.45) is 0 Å². The smallest absolute Gasteiger partial charge is 1.00 e. The van der Waals surface area contributed by atoms with Crippen molar-refractivity contribution in [2.45, 2.75) is 0 Å². The van der Waals surface area contributed by atoms with E-state index >= 15 is 0 Å². The summed E-state index contributed by atoms with van der Waals surface area (Å²) in [6, 6.07) is 0. The number of hydrogen-bond donors (Lipinski definition) is 2. The standard InChI is InChI=1S/C4H4N2.Na.HO3P.H2O.H/c1-2-6-4-3-5-1;;1-4(2)3;;/h1-4H;;(H-,1,2,3);1H2;/q;+1;;;-1/p+1. The van der Waals surface area contributed by atoms with E-state index in [1.165, 1.54) is 0 Å². The minimum atomic E-state index is -2.87. The summed E-state index contributed by atoms with van der Waals surface area (Å²) in [7, 11) is -2.87. The molecule has 8 heteroatoms. The molecule has 1 aromatic heterocycles. The van der Waals surface area contributed by atoms with Gasteiger partial charge in [0.05, 0.1) is 0 Å². The second-order valence-electron chi connectivity index (χ2n) is 1.15. The molecule has 0 bridgehead atoms. The van der Waals surface area contributed by atoms with Gasteiger partial charge in [-0.3, -0.25) is 9.97 Å². The van der Waals surface area contributed by atoms with Crippen LogP contribution < -0.4 is 29.6 Å². The van der Waals surface area contributed by atoms with Gasteiger partial charge < -0.3 is 6.90 Å². The van der Waals surface area contributed by atoms with Crippen LogP contribution >= 0.6 is 8.25 Å². The first-order valence-electron chi connectivity index (χ1n) is 2.28. The Labute approximate surface area is 93.7 Å². The molecule has 0 aliphatic heterocycles. The van der Waals surface area contributed by atoms with Crippen LogP contribution in [0.4, 0.5) is 0 Å². The molecule has 0 saturated carbocycles. The van der Waals surface area contributed by atoms with E-state index in [0.29, 0.717) is 0 Å². The van der Waals surface area contributed by atoms with Crippen LogP contribution in [0, 0.1) is 0 Å². The average molecular weight is 203 g/mol. The molecule has 6 nitrogen and oxygen atoms in total. The zero-order chi connectivity index (χ0) is 7.82. The van der Waals surface area contributed by atoms with Gasteiger partial charge in [-0.25, -0.2) is 0 Å². The minimum Gasteiger partial charge on any atom is -1.00 e. The molecular weight excluding hydrogens is 194 g/mol. The Morgan fingerprint density at radius 3 is 1.33 bits per heavy atom. The van der Waals surface area contributed by atoms with E-state index in [9.17, 15) is 0 Å². The predicted molar refractivity (Wildman–Crippen MR) is 38.8 cm³/mol. The Morgan fingerprint density at radius 2 is 1.25 bits per heavy atom. The Morgan fingerprint density at radius 1 is 1.08 bits per heavy atom. The normalized spacial score (nSPS) is 6.17. The number of rotatable bonds is 0. The molecule has 0 aliphatic rings. The van der Waals surface area contributed by atoms with Gasteiger partial charge in [0.1, 0.15) is 0 Å². The SMILES string of the molecule is O.O=[P+](O)O.[H-].[Na+].c1cnccn1. The van der Waals surface area contributed by atoms with Crippen LogP contribution in [0.1, 0.15) is 1.43 Å². The van der Waals surface area contributed by atoms with Gasteiger partial charge in [0.15, 0.2) is 0 Å². The zero-order valence-corrected chi connectivity index (χ0v) is 9.35. The van der Waals surface area contributed by atoms with Crippen molar-refractivity contribution in [2.75, 3.05) is 0 Å². The third-order valence-electron chi connectivity index (χ3n) is 0.478. The van der Waals surface area contributed by atoms with Crippen LogP contribution in [-0.4, -0.2) is 25.2 Å². The third-order valence-corrected chi connectivity index (χ3v) is 0.478. The molecule has 0 spiro atoms. The van der Waals surface area contributed by atoms with E-state index in [1.54, 1.807) is 24.8 Å². The molecule has 0 fully saturated rings. The number of hydrogen-bond acceptors (Lipinski definition) is 3. The van der Waals surface area contributed by atoms with Crippen molar-refractivity contribution in [3.8, 4) is 0 Å². The molecule has 0 aromatic carbocycles. The molecule has 0 atom stereocenters. The van der Waals surface area contributed by atoms with Crippen molar-refractivity contribution < 1.29 is 50.8 Å². The molecule has 12 heavy (non-hydrogen) atoms. The van der Waals surface area contributed by atoms with E-state index < -0.39 is 8.25 Å². The van der Waals surface area contributed by atoms with Gasteiger partial charge in [-0.15, -0.1) is 9.79 Å². The summed E-state index contributed by atoms with van der Waals surface area (Å²) in [5.41, 5.74) is 0. The van der Waals surface area contributed by atoms with Gasteiger partial charge in [0.25, 0.3) is 0 Å². The molecule has 0 radical (unpaired) electrons. The van der Waals surface area contributed by atoms with Gasteiger partial charge in [-0.1, -0.05) is 0 Å². The van der Waals surface area contributed by atoms with E-state index in [-0.39, 0.29) is 36.5 Å². The maximum atomic E-state index is 8.70. The van der Waals surface area contributed by atoms with Crippen LogP contribution in [0.5, 0.6) is 0 Å². The zero-order valence-electron chi connectivity index (χ0n) is 7.45. The van der Waals surface area contributed by atoms with Crippen molar-refractivity contribution in [1.82, 2.24) is 9.97 Å². The number of aromatic nitrogens is 2. The monoisotopic (exact) mass is 203 g/mol. The summed E-state index contributed by atoms with van der Waals surface area (Å²) in [6.45, 7) is 0. The maximum absolute atomic E-state index is 8.70. The molecule has 4 N–H and O–H groups in total. The topological polar surface area (TPSA) is 115 Å². The molecule has 0 amide bonds. The second-order valence-corrected chi connectivity index (χ2v) is 1.65. The molecule has 0 aliphatic carbocycles. The van der Waals surface area contributed by atoms with E-state index in [0.717, 1.165) is 0 Å². The van der Waals surface area contributed by atoms with Crippen LogP contribution in [0.25, 0.3) is 0 Å². The first-order valence-corrected chi connectivity index (χ1v) is 3.45. The van der Waals surface area contributed by atoms with E-state index in [2.05, 4.69) is 9.97 Å².